The third-order valence-corrected chi connectivity index (χ3v) is 11.3. The first-order valence-electron chi connectivity index (χ1n) is 12.8. The summed E-state index contributed by atoms with van der Waals surface area (Å²) in [5.41, 5.74) is 0.537. The lowest BCUT2D eigenvalue weighted by molar-refractivity contribution is 0.00697. The summed E-state index contributed by atoms with van der Waals surface area (Å²) in [6.07, 6.45) is 8.83. The van der Waals surface area contributed by atoms with Crippen LogP contribution in [0.25, 0.3) is 0 Å². The van der Waals surface area contributed by atoms with Gasteiger partial charge in [-0.25, -0.2) is 4.39 Å². The van der Waals surface area contributed by atoms with Crippen LogP contribution in [0.3, 0.4) is 0 Å². The first-order chi connectivity index (χ1) is 16.3. The van der Waals surface area contributed by atoms with Gasteiger partial charge >= 0.3 is 0 Å². The first kappa shape index (κ1) is 26.0. The maximum absolute atomic E-state index is 15.9. The molecule has 2 heterocycles. The molecule has 3 aliphatic rings. The topological polar surface area (TPSA) is 59.5 Å². The molecule has 4 atom stereocenters. The van der Waals surface area contributed by atoms with E-state index in [4.69, 9.17) is 16.3 Å². The largest absolute Gasteiger partial charge is 0.381 e. The second kappa shape index (κ2) is 11.3. The van der Waals surface area contributed by atoms with Crippen LogP contribution in [0.4, 0.5) is 4.39 Å². The lowest BCUT2D eigenvalue weighted by Gasteiger charge is -2.49. The number of carbonyl (C=O) groups excluding carboxylic acids is 1. The Bertz CT molecular complexity index is 844. The third kappa shape index (κ3) is 5.36. The van der Waals surface area contributed by atoms with Crippen LogP contribution in [0.5, 0.6) is 0 Å². The van der Waals surface area contributed by atoms with Crippen molar-refractivity contribution in [2.45, 2.75) is 105 Å². The van der Waals surface area contributed by atoms with Gasteiger partial charge < -0.3 is 9.64 Å². The van der Waals surface area contributed by atoms with Crippen molar-refractivity contribution in [3.05, 3.63) is 30.1 Å². The molecule has 4 unspecified atom stereocenters. The van der Waals surface area contributed by atoms with E-state index >= 15 is 4.39 Å². The van der Waals surface area contributed by atoms with Gasteiger partial charge in [-0.3, -0.25) is 14.0 Å². The van der Waals surface area contributed by atoms with Gasteiger partial charge in [0.25, 0.3) is 5.91 Å². The highest BCUT2D eigenvalue weighted by Crippen LogP contribution is 2.47. The smallest absolute Gasteiger partial charge is 0.254 e. The number of pyridine rings is 1. The van der Waals surface area contributed by atoms with Crippen LogP contribution in [-0.2, 0) is 15.5 Å². The first-order valence-corrected chi connectivity index (χ1v) is 14.5. The highest BCUT2D eigenvalue weighted by molar-refractivity contribution is 7.87. The summed E-state index contributed by atoms with van der Waals surface area (Å²) in [5.74, 6) is -0.104. The molecule has 0 aromatic carbocycles. The minimum atomic E-state index is -1.14. The zero-order valence-corrected chi connectivity index (χ0v) is 21.9. The summed E-state index contributed by atoms with van der Waals surface area (Å²) in [7, 11) is -1.04. The fourth-order valence-electron chi connectivity index (χ4n) is 6.36. The molecule has 2 aliphatic carbocycles. The van der Waals surface area contributed by atoms with Crippen molar-refractivity contribution in [3.8, 4) is 0 Å². The van der Waals surface area contributed by atoms with Gasteiger partial charge in [-0.15, -0.1) is 11.6 Å². The summed E-state index contributed by atoms with van der Waals surface area (Å²) < 4.78 is 35.2. The molecule has 1 aromatic heterocycles. The average Bonchev–Trinajstić information content (AvgIpc) is 2.86. The third-order valence-electron chi connectivity index (χ3n) is 8.20. The molecular formula is C26H38ClFN2O3S. The van der Waals surface area contributed by atoms with Gasteiger partial charge in [0.05, 0.1) is 10.8 Å². The maximum Gasteiger partial charge on any atom is 0.254 e. The summed E-state index contributed by atoms with van der Waals surface area (Å²) in [4.78, 5) is 19.0. The van der Waals surface area contributed by atoms with E-state index in [0.717, 1.165) is 44.9 Å². The van der Waals surface area contributed by atoms with E-state index in [9.17, 15) is 9.00 Å². The van der Waals surface area contributed by atoms with Crippen LogP contribution in [-0.4, -0.2) is 66.8 Å². The number of halogens is 2. The normalized spacial score (nSPS) is 32.8. The number of alkyl halides is 2. The summed E-state index contributed by atoms with van der Waals surface area (Å²) >= 11 is 6.31. The molecular weight excluding hydrogens is 475 g/mol. The Morgan fingerprint density at radius 3 is 2.38 bits per heavy atom. The molecule has 5 nitrogen and oxygen atoms in total. The zero-order chi connectivity index (χ0) is 24.3. The van der Waals surface area contributed by atoms with Gasteiger partial charge in [0.15, 0.2) is 0 Å². The number of amides is 1. The second-order valence-electron chi connectivity index (χ2n) is 10.5. The number of carbonyl (C=O) groups is 1. The fourth-order valence-corrected chi connectivity index (χ4v) is 9.09. The Morgan fingerprint density at radius 2 is 1.79 bits per heavy atom. The Morgan fingerprint density at radius 1 is 1.15 bits per heavy atom. The Kier molecular flexibility index (Phi) is 8.68. The van der Waals surface area contributed by atoms with Gasteiger partial charge in [0.1, 0.15) is 6.17 Å². The van der Waals surface area contributed by atoms with Crippen molar-refractivity contribution in [2.75, 3.05) is 13.2 Å². The zero-order valence-electron chi connectivity index (χ0n) is 20.3. The molecule has 0 spiro atoms. The molecule has 1 aliphatic heterocycles. The average molecular weight is 513 g/mol. The summed E-state index contributed by atoms with van der Waals surface area (Å²) in [6, 6.07) is 2.80. The van der Waals surface area contributed by atoms with Crippen LogP contribution in [0.15, 0.2) is 24.5 Å². The molecule has 1 aromatic rings. The molecule has 3 fully saturated rings. The van der Waals surface area contributed by atoms with E-state index in [1.807, 2.05) is 13.8 Å². The van der Waals surface area contributed by atoms with Crippen molar-refractivity contribution in [1.82, 2.24) is 9.88 Å². The van der Waals surface area contributed by atoms with E-state index < -0.39 is 27.8 Å². The molecule has 34 heavy (non-hydrogen) atoms. The van der Waals surface area contributed by atoms with Crippen LogP contribution in [0, 0.1) is 5.92 Å². The van der Waals surface area contributed by atoms with E-state index in [1.54, 1.807) is 29.4 Å². The van der Waals surface area contributed by atoms with Crippen LogP contribution >= 0.6 is 11.6 Å². The predicted molar refractivity (Wildman–Crippen MR) is 134 cm³/mol. The molecule has 0 N–H and O–H groups in total. The number of nitrogens with zero attached hydrogens (tertiary/aromatic N) is 2. The van der Waals surface area contributed by atoms with Gasteiger partial charge in [0.2, 0.25) is 0 Å². The van der Waals surface area contributed by atoms with Crippen LogP contribution in [0.2, 0.25) is 0 Å². The lowest BCUT2D eigenvalue weighted by Crippen LogP contribution is -2.56. The van der Waals surface area contributed by atoms with Gasteiger partial charge in [-0.1, -0.05) is 0 Å². The highest BCUT2D eigenvalue weighted by Gasteiger charge is 2.51. The Hall–Kier alpha value is -1.05. The quantitative estimate of drug-likeness (QED) is 0.486. The number of hydrogen-bond donors (Lipinski definition) is 0. The minimum Gasteiger partial charge on any atom is -0.381 e. The van der Waals surface area contributed by atoms with Crippen molar-refractivity contribution in [1.29, 1.82) is 0 Å². The Balaban J connectivity index is 1.51. The lowest BCUT2D eigenvalue weighted by atomic mass is 9.73. The molecule has 0 radical (unpaired) electrons. The monoisotopic (exact) mass is 512 g/mol. The minimum absolute atomic E-state index is 0.0437. The van der Waals surface area contributed by atoms with E-state index in [1.165, 1.54) is 0 Å². The van der Waals surface area contributed by atoms with Crippen LogP contribution < -0.4 is 0 Å². The maximum atomic E-state index is 15.9. The predicted octanol–water partition coefficient (Wildman–Crippen LogP) is 5.29. The van der Waals surface area contributed by atoms with Gasteiger partial charge in [-0.05, 0) is 89.7 Å². The van der Waals surface area contributed by atoms with Gasteiger partial charge in [0, 0.05) is 58.6 Å². The van der Waals surface area contributed by atoms with E-state index in [2.05, 4.69) is 4.98 Å². The molecule has 190 valence electrons. The van der Waals surface area contributed by atoms with Crippen molar-refractivity contribution >= 4 is 28.3 Å². The Labute approximate surface area is 210 Å². The van der Waals surface area contributed by atoms with Crippen LogP contribution in [0.1, 0.15) is 82.0 Å². The summed E-state index contributed by atoms with van der Waals surface area (Å²) in [6.45, 7) is 5.07. The second-order valence-corrected chi connectivity index (χ2v) is 13.2. The molecule has 1 saturated heterocycles. The molecule has 8 heteroatoms. The van der Waals surface area contributed by atoms with E-state index in [-0.39, 0.29) is 28.5 Å². The highest BCUT2D eigenvalue weighted by atomic mass is 35.5. The number of aromatic nitrogens is 1. The number of rotatable bonds is 6. The fraction of sp³-hybridized carbons (Fsp3) is 0.769. The standard InChI is InChI=1S/C26H38ClFN2O3S/c1-18(2)30(25(31)19-9-13-29-14-10-19)24-8-3-20(17-23(24)28)26(11-15-33-16-12-26)34(32)22-6-4-21(27)5-7-22/h9-10,13-14,18,20-24H,3-8,11-12,15-17H2,1-2H3. The SMILES string of the molecule is CC(C)N(C(=O)c1ccncc1)C1CCC(C2(S(=O)C3CCC(Cl)CC3)CCOCC2)CC1F. The molecule has 4 rings (SSSR count). The van der Waals surface area contributed by atoms with Gasteiger partial charge in [-0.2, -0.15) is 0 Å². The van der Waals surface area contributed by atoms with Crippen molar-refractivity contribution < 1.29 is 18.1 Å². The molecule has 1 amide bonds. The number of ether oxygens (including phenoxy) is 1. The van der Waals surface area contributed by atoms with Crippen molar-refractivity contribution in [3.63, 3.8) is 0 Å². The molecule has 2 saturated carbocycles. The number of hydrogen-bond acceptors (Lipinski definition) is 4. The van der Waals surface area contributed by atoms with Crippen molar-refractivity contribution in [2.24, 2.45) is 5.92 Å². The molecule has 0 bridgehead atoms. The van der Waals surface area contributed by atoms with E-state index in [0.29, 0.717) is 31.6 Å². The summed E-state index contributed by atoms with van der Waals surface area (Å²) in [5, 5.41) is 0.328.